The first kappa shape index (κ1) is 14.8. The first-order chi connectivity index (χ1) is 8.96. The van der Waals surface area contributed by atoms with Crippen molar-refractivity contribution in [3.8, 4) is 0 Å². The summed E-state index contributed by atoms with van der Waals surface area (Å²) in [6.07, 6.45) is 11.6. The predicted octanol–water partition coefficient (Wildman–Crippen LogP) is 3.58. The molecule has 0 aliphatic heterocycles. The Kier molecular flexibility index (Phi) is 4.54. The van der Waals surface area contributed by atoms with E-state index < -0.39 is 11.4 Å². The van der Waals surface area contributed by atoms with Gasteiger partial charge >= 0.3 is 5.97 Å². The molecule has 1 unspecified atom stereocenters. The van der Waals surface area contributed by atoms with Crippen LogP contribution in [-0.2, 0) is 4.79 Å². The van der Waals surface area contributed by atoms with E-state index in [0.717, 1.165) is 13.0 Å². The highest BCUT2D eigenvalue weighted by molar-refractivity contribution is 5.73. The number of carboxylic acids is 1. The summed E-state index contributed by atoms with van der Waals surface area (Å²) in [6, 6.07) is 0.633. The minimum absolute atomic E-state index is 0.547. The van der Waals surface area contributed by atoms with Crippen molar-refractivity contribution in [3.63, 3.8) is 0 Å². The van der Waals surface area contributed by atoms with Crippen molar-refractivity contribution >= 4 is 5.97 Å². The molecule has 0 bridgehead atoms. The van der Waals surface area contributed by atoms with E-state index in [0.29, 0.717) is 11.5 Å². The molecule has 19 heavy (non-hydrogen) atoms. The normalized spacial score (nSPS) is 26.7. The molecular weight excluding hydrogens is 238 g/mol. The number of carbonyl (C=O) groups is 1. The van der Waals surface area contributed by atoms with Gasteiger partial charge in [0.15, 0.2) is 0 Å². The first-order valence-electron chi connectivity index (χ1n) is 7.93. The molecule has 2 fully saturated rings. The molecule has 2 aliphatic carbocycles. The first-order valence-corrected chi connectivity index (χ1v) is 7.93. The second-order valence-electron chi connectivity index (χ2n) is 7.26. The van der Waals surface area contributed by atoms with Crippen LogP contribution in [0.2, 0.25) is 0 Å². The Morgan fingerprint density at radius 2 is 1.79 bits per heavy atom. The third-order valence-corrected chi connectivity index (χ3v) is 5.48. The molecule has 1 spiro atoms. The molecule has 0 radical (unpaired) electrons. The van der Waals surface area contributed by atoms with E-state index in [-0.39, 0.29) is 0 Å². The molecule has 0 heterocycles. The summed E-state index contributed by atoms with van der Waals surface area (Å²) in [7, 11) is 0. The van der Waals surface area contributed by atoms with Gasteiger partial charge in [-0.1, -0.05) is 25.7 Å². The highest BCUT2D eigenvalue weighted by atomic mass is 16.4. The lowest BCUT2D eigenvalue weighted by atomic mass is 9.69. The molecule has 2 saturated carbocycles. The maximum Gasteiger partial charge on any atom is 0.309 e. The second-order valence-corrected chi connectivity index (χ2v) is 7.26. The summed E-state index contributed by atoms with van der Waals surface area (Å²) >= 11 is 0. The van der Waals surface area contributed by atoms with Crippen LogP contribution in [0.1, 0.15) is 71.6 Å². The molecular formula is C16H29NO2. The van der Waals surface area contributed by atoms with E-state index in [1.54, 1.807) is 0 Å². The maximum atomic E-state index is 11.1. The minimum Gasteiger partial charge on any atom is -0.481 e. The Balaban J connectivity index is 1.85. The molecule has 0 aromatic carbocycles. The summed E-state index contributed by atoms with van der Waals surface area (Å²) in [5, 5.41) is 12.9. The standard InChI is InChI=1S/C16H29NO2/c1-15(2,14(18)19)11-12-17-13-7-3-4-8-16(13)9-5-6-10-16/h13,17H,3-12H2,1-2H3,(H,18,19). The molecule has 110 valence electrons. The Hall–Kier alpha value is -0.570. The van der Waals surface area contributed by atoms with Crippen molar-refractivity contribution in [2.75, 3.05) is 6.54 Å². The van der Waals surface area contributed by atoms with Crippen molar-refractivity contribution in [1.29, 1.82) is 0 Å². The van der Waals surface area contributed by atoms with Crippen LogP contribution in [0.25, 0.3) is 0 Å². The van der Waals surface area contributed by atoms with Gasteiger partial charge in [-0.2, -0.15) is 0 Å². The van der Waals surface area contributed by atoms with Crippen LogP contribution in [0.5, 0.6) is 0 Å². The summed E-state index contributed by atoms with van der Waals surface area (Å²) in [5.41, 5.74) is -0.0594. The second kappa shape index (κ2) is 5.82. The summed E-state index contributed by atoms with van der Waals surface area (Å²) in [4.78, 5) is 11.1. The van der Waals surface area contributed by atoms with Crippen LogP contribution < -0.4 is 5.32 Å². The Morgan fingerprint density at radius 3 is 2.37 bits per heavy atom. The number of hydrogen-bond acceptors (Lipinski definition) is 2. The summed E-state index contributed by atoms with van der Waals surface area (Å²) < 4.78 is 0. The van der Waals surface area contributed by atoms with Crippen molar-refractivity contribution < 1.29 is 9.90 Å². The minimum atomic E-state index is -0.687. The SMILES string of the molecule is CC(C)(CCNC1CCCCC12CCCC2)C(=O)O. The van der Waals surface area contributed by atoms with Gasteiger partial charge in [0, 0.05) is 6.04 Å². The lowest BCUT2D eigenvalue weighted by molar-refractivity contribution is -0.147. The molecule has 0 saturated heterocycles. The quantitative estimate of drug-likeness (QED) is 0.800. The van der Waals surface area contributed by atoms with Crippen molar-refractivity contribution in [2.24, 2.45) is 10.8 Å². The molecule has 1 atom stereocenters. The van der Waals surface area contributed by atoms with Crippen molar-refractivity contribution in [1.82, 2.24) is 5.32 Å². The average molecular weight is 267 g/mol. The zero-order valence-corrected chi connectivity index (χ0v) is 12.5. The van der Waals surface area contributed by atoms with Gasteiger partial charge < -0.3 is 10.4 Å². The predicted molar refractivity (Wildman–Crippen MR) is 77.2 cm³/mol. The molecule has 2 rings (SSSR count). The molecule has 0 aromatic rings. The zero-order valence-electron chi connectivity index (χ0n) is 12.5. The number of rotatable bonds is 5. The number of carboxylic acid groups (broad SMARTS) is 1. The molecule has 0 amide bonds. The monoisotopic (exact) mass is 267 g/mol. The summed E-state index contributed by atoms with van der Waals surface area (Å²) in [6.45, 7) is 4.48. The van der Waals surface area contributed by atoms with E-state index in [1.807, 2.05) is 13.8 Å². The van der Waals surface area contributed by atoms with E-state index in [4.69, 9.17) is 5.11 Å². The fourth-order valence-electron chi connectivity index (χ4n) is 3.97. The molecule has 3 nitrogen and oxygen atoms in total. The maximum absolute atomic E-state index is 11.1. The summed E-state index contributed by atoms with van der Waals surface area (Å²) in [5.74, 6) is -0.687. The molecule has 3 heteroatoms. The highest BCUT2D eigenvalue weighted by Crippen LogP contribution is 2.49. The number of hydrogen-bond donors (Lipinski definition) is 2. The van der Waals surface area contributed by atoms with Crippen LogP contribution in [0.4, 0.5) is 0 Å². The van der Waals surface area contributed by atoms with Crippen LogP contribution in [-0.4, -0.2) is 23.7 Å². The van der Waals surface area contributed by atoms with Crippen molar-refractivity contribution in [3.05, 3.63) is 0 Å². The smallest absolute Gasteiger partial charge is 0.309 e. The van der Waals surface area contributed by atoms with Crippen LogP contribution in [0.15, 0.2) is 0 Å². The molecule has 0 aromatic heterocycles. The number of aliphatic carboxylic acids is 1. The number of nitrogens with one attached hydrogen (secondary N) is 1. The van der Waals surface area contributed by atoms with Gasteiger partial charge in [0.25, 0.3) is 0 Å². The third-order valence-electron chi connectivity index (χ3n) is 5.48. The van der Waals surface area contributed by atoms with Gasteiger partial charge in [-0.15, -0.1) is 0 Å². The van der Waals surface area contributed by atoms with Crippen molar-refractivity contribution in [2.45, 2.75) is 77.7 Å². The van der Waals surface area contributed by atoms with Gasteiger partial charge in [0.05, 0.1) is 5.41 Å². The zero-order chi connectivity index (χ0) is 13.9. The van der Waals surface area contributed by atoms with Gasteiger partial charge in [-0.25, -0.2) is 0 Å². The Labute approximate surface area is 117 Å². The Bertz CT molecular complexity index is 319. The van der Waals surface area contributed by atoms with Gasteiger partial charge in [0.1, 0.15) is 0 Å². The highest BCUT2D eigenvalue weighted by Gasteiger charge is 2.42. The largest absolute Gasteiger partial charge is 0.481 e. The average Bonchev–Trinajstić information content (AvgIpc) is 2.81. The van der Waals surface area contributed by atoms with Crippen LogP contribution in [0, 0.1) is 10.8 Å². The fraction of sp³-hybridized carbons (Fsp3) is 0.938. The van der Waals surface area contributed by atoms with Crippen LogP contribution in [0.3, 0.4) is 0 Å². The molecule has 2 aliphatic rings. The van der Waals surface area contributed by atoms with Crippen LogP contribution >= 0.6 is 0 Å². The lowest BCUT2D eigenvalue weighted by Crippen LogP contribution is -2.47. The van der Waals surface area contributed by atoms with Gasteiger partial charge in [0.2, 0.25) is 0 Å². The molecule has 2 N–H and O–H groups in total. The van der Waals surface area contributed by atoms with Gasteiger partial charge in [-0.05, 0) is 57.9 Å². The van der Waals surface area contributed by atoms with E-state index in [1.165, 1.54) is 51.4 Å². The fourth-order valence-corrected chi connectivity index (χ4v) is 3.97. The topological polar surface area (TPSA) is 49.3 Å². The van der Waals surface area contributed by atoms with E-state index >= 15 is 0 Å². The van der Waals surface area contributed by atoms with E-state index in [9.17, 15) is 4.79 Å². The lowest BCUT2D eigenvalue weighted by Gasteiger charge is -2.42. The van der Waals surface area contributed by atoms with E-state index in [2.05, 4.69) is 5.32 Å². The third kappa shape index (κ3) is 3.31. The Morgan fingerprint density at radius 1 is 1.21 bits per heavy atom. The van der Waals surface area contributed by atoms with Gasteiger partial charge in [-0.3, -0.25) is 4.79 Å².